The predicted molar refractivity (Wildman–Crippen MR) is 45.5 cm³/mol. The Morgan fingerprint density at radius 3 is 2.92 bits per heavy atom. The van der Waals surface area contributed by atoms with E-state index in [2.05, 4.69) is 5.48 Å². The van der Waals surface area contributed by atoms with Crippen molar-refractivity contribution >= 4 is 0 Å². The molecule has 0 spiro atoms. The molecule has 0 saturated heterocycles. The Morgan fingerprint density at radius 2 is 2.25 bits per heavy atom. The summed E-state index contributed by atoms with van der Waals surface area (Å²) in [5, 5.41) is 8.66. The maximum absolute atomic E-state index is 8.66. The summed E-state index contributed by atoms with van der Waals surface area (Å²) in [4.78, 5) is 5.10. The minimum absolute atomic E-state index is 0.540. The molecular formula is C9H10N2O. The second-order valence-electron chi connectivity index (χ2n) is 2.21. The van der Waals surface area contributed by atoms with Crippen LogP contribution < -0.4 is 10.3 Å². The number of hydroxylamine groups is 1. The lowest BCUT2D eigenvalue weighted by Gasteiger charge is -2.05. The van der Waals surface area contributed by atoms with E-state index in [4.69, 9.17) is 10.1 Å². The zero-order valence-corrected chi connectivity index (χ0v) is 6.87. The first-order valence-electron chi connectivity index (χ1n) is 3.77. The maximum atomic E-state index is 8.66. The minimum Gasteiger partial charge on any atom is -0.407 e. The monoisotopic (exact) mass is 162 g/mol. The van der Waals surface area contributed by atoms with E-state index in [9.17, 15) is 0 Å². The van der Waals surface area contributed by atoms with Crippen molar-refractivity contribution in [2.45, 2.75) is 6.92 Å². The van der Waals surface area contributed by atoms with Crippen LogP contribution in [0.1, 0.15) is 12.5 Å². The molecule has 0 bridgehead atoms. The highest BCUT2D eigenvalue weighted by Gasteiger charge is 1.99. The van der Waals surface area contributed by atoms with E-state index >= 15 is 0 Å². The lowest BCUT2D eigenvalue weighted by Crippen LogP contribution is -2.17. The van der Waals surface area contributed by atoms with E-state index in [-0.39, 0.29) is 0 Å². The Morgan fingerprint density at radius 1 is 1.50 bits per heavy atom. The maximum Gasteiger partial charge on any atom is 0.164 e. The molecule has 1 aromatic carbocycles. The molecule has 1 N–H and O–H groups in total. The van der Waals surface area contributed by atoms with Gasteiger partial charge in [-0.1, -0.05) is 12.1 Å². The van der Waals surface area contributed by atoms with Crippen LogP contribution in [0.15, 0.2) is 24.3 Å². The number of para-hydroxylation sites is 1. The third-order valence-electron chi connectivity index (χ3n) is 1.33. The van der Waals surface area contributed by atoms with Gasteiger partial charge in [-0.15, -0.1) is 0 Å². The fourth-order valence-corrected chi connectivity index (χ4v) is 0.798. The molecule has 0 saturated carbocycles. The molecule has 1 rings (SSSR count). The van der Waals surface area contributed by atoms with Crippen molar-refractivity contribution < 1.29 is 4.84 Å². The first-order valence-corrected chi connectivity index (χ1v) is 3.77. The van der Waals surface area contributed by atoms with E-state index in [1.54, 1.807) is 18.2 Å². The first-order chi connectivity index (χ1) is 5.88. The van der Waals surface area contributed by atoms with Crippen molar-refractivity contribution in [1.29, 1.82) is 5.26 Å². The Hall–Kier alpha value is -1.53. The number of benzene rings is 1. The molecule has 0 aliphatic heterocycles. The Labute approximate surface area is 71.5 Å². The summed E-state index contributed by atoms with van der Waals surface area (Å²) in [5.74, 6) is 0.571. The molecule has 0 aliphatic rings. The molecule has 0 aromatic heterocycles. The van der Waals surface area contributed by atoms with Crippen LogP contribution in [0.3, 0.4) is 0 Å². The molecule has 0 fully saturated rings. The summed E-state index contributed by atoms with van der Waals surface area (Å²) in [6.45, 7) is 2.63. The van der Waals surface area contributed by atoms with Gasteiger partial charge in [-0.25, -0.2) is 0 Å². The molecule has 3 heteroatoms. The smallest absolute Gasteiger partial charge is 0.164 e. The van der Waals surface area contributed by atoms with Gasteiger partial charge in [-0.3, -0.25) is 0 Å². The number of nitrogens with zero attached hydrogens (tertiary/aromatic N) is 1. The standard InChI is InChI=1S/C9H10N2O/c1-2-11-12-9-6-4-3-5-8(9)7-10/h3-6,11H,2H2,1H3. The van der Waals surface area contributed by atoms with E-state index in [1.165, 1.54) is 0 Å². The van der Waals surface area contributed by atoms with Crippen LogP contribution in [0, 0.1) is 11.3 Å². The third kappa shape index (κ3) is 1.97. The number of nitrogens with one attached hydrogen (secondary N) is 1. The third-order valence-corrected chi connectivity index (χ3v) is 1.33. The summed E-state index contributed by atoms with van der Waals surface area (Å²) >= 11 is 0. The summed E-state index contributed by atoms with van der Waals surface area (Å²) in [6.07, 6.45) is 0. The van der Waals surface area contributed by atoms with Crippen molar-refractivity contribution in [3.63, 3.8) is 0 Å². The number of nitriles is 1. The molecule has 0 atom stereocenters. The van der Waals surface area contributed by atoms with E-state index in [0.717, 1.165) is 0 Å². The number of hydrogen-bond acceptors (Lipinski definition) is 3. The van der Waals surface area contributed by atoms with Crippen LogP contribution in [0.5, 0.6) is 5.75 Å². The largest absolute Gasteiger partial charge is 0.407 e. The summed E-state index contributed by atoms with van der Waals surface area (Å²) < 4.78 is 0. The second kappa shape index (κ2) is 4.37. The average Bonchev–Trinajstić information content (AvgIpc) is 2.15. The molecule has 0 heterocycles. The number of rotatable bonds is 3. The Balaban J connectivity index is 2.77. The van der Waals surface area contributed by atoms with Gasteiger partial charge in [0, 0.05) is 6.54 Å². The summed E-state index contributed by atoms with van der Waals surface area (Å²) in [6, 6.07) is 9.14. The quantitative estimate of drug-likeness (QED) is 0.684. The van der Waals surface area contributed by atoms with Gasteiger partial charge in [0.2, 0.25) is 0 Å². The molecular weight excluding hydrogens is 152 g/mol. The predicted octanol–water partition coefficient (Wildman–Crippen LogP) is 1.46. The molecule has 3 nitrogen and oxygen atoms in total. The topological polar surface area (TPSA) is 45.0 Å². The fourth-order valence-electron chi connectivity index (χ4n) is 0.798. The number of hydrogen-bond donors (Lipinski definition) is 1. The van der Waals surface area contributed by atoms with Crippen LogP contribution in [0.4, 0.5) is 0 Å². The Kier molecular flexibility index (Phi) is 3.12. The van der Waals surface area contributed by atoms with Gasteiger partial charge < -0.3 is 4.84 Å². The van der Waals surface area contributed by atoms with Crippen LogP contribution >= 0.6 is 0 Å². The van der Waals surface area contributed by atoms with Crippen LogP contribution in [0.25, 0.3) is 0 Å². The molecule has 0 aliphatic carbocycles. The normalized spacial score (nSPS) is 9.00. The zero-order valence-electron chi connectivity index (χ0n) is 6.87. The molecule has 0 unspecified atom stereocenters. The average molecular weight is 162 g/mol. The molecule has 0 amide bonds. The van der Waals surface area contributed by atoms with E-state index < -0.39 is 0 Å². The minimum atomic E-state index is 0.540. The Bertz CT molecular complexity index is 291. The van der Waals surface area contributed by atoms with E-state index in [0.29, 0.717) is 17.9 Å². The highest BCUT2D eigenvalue weighted by Crippen LogP contribution is 2.14. The second-order valence-corrected chi connectivity index (χ2v) is 2.21. The van der Waals surface area contributed by atoms with Crippen molar-refractivity contribution in [2.75, 3.05) is 6.54 Å². The van der Waals surface area contributed by atoms with E-state index in [1.807, 2.05) is 19.1 Å². The van der Waals surface area contributed by atoms with Gasteiger partial charge >= 0.3 is 0 Å². The van der Waals surface area contributed by atoms with Crippen LogP contribution in [-0.4, -0.2) is 6.54 Å². The van der Waals surface area contributed by atoms with Gasteiger partial charge in [0.15, 0.2) is 5.75 Å². The molecule has 1 aromatic rings. The summed E-state index contributed by atoms with van der Waals surface area (Å²) in [5.41, 5.74) is 3.23. The highest BCUT2D eigenvalue weighted by atomic mass is 16.6. The van der Waals surface area contributed by atoms with Gasteiger partial charge in [-0.2, -0.15) is 10.7 Å². The molecule has 62 valence electrons. The van der Waals surface area contributed by atoms with Crippen LogP contribution in [0.2, 0.25) is 0 Å². The van der Waals surface area contributed by atoms with Crippen molar-refractivity contribution in [1.82, 2.24) is 5.48 Å². The summed E-state index contributed by atoms with van der Waals surface area (Å²) in [7, 11) is 0. The van der Waals surface area contributed by atoms with Gasteiger partial charge in [0.25, 0.3) is 0 Å². The highest BCUT2D eigenvalue weighted by molar-refractivity contribution is 5.42. The van der Waals surface area contributed by atoms with Crippen molar-refractivity contribution in [2.24, 2.45) is 0 Å². The van der Waals surface area contributed by atoms with Gasteiger partial charge in [0.05, 0.1) is 5.56 Å². The van der Waals surface area contributed by atoms with Crippen molar-refractivity contribution in [3.05, 3.63) is 29.8 Å². The SMILES string of the molecule is CCNOc1ccccc1C#N. The van der Waals surface area contributed by atoms with Crippen molar-refractivity contribution in [3.8, 4) is 11.8 Å². The lowest BCUT2D eigenvalue weighted by molar-refractivity contribution is 0.202. The van der Waals surface area contributed by atoms with Gasteiger partial charge in [0.1, 0.15) is 6.07 Å². The molecule has 0 radical (unpaired) electrons. The zero-order chi connectivity index (χ0) is 8.81. The van der Waals surface area contributed by atoms with Gasteiger partial charge in [-0.05, 0) is 19.1 Å². The van der Waals surface area contributed by atoms with Crippen LogP contribution in [-0.2, 0) is 0 Å². The lowest BCUT2D eigenvalue weighted by atomic mass is 10.2. The first kappa shape index (κ1) is 8.57. The molecule has 12 heavy (non-hydrogen) atoms. The fraction of sp³-hybridized carbons (Fsp3) is 0.222.